The van der Waals surface area contributed by atoms with Crippen molar-refractivity contribution in [2.75, 3.05) is 5.32 Å². The van der Waals surface area contributed by atoms with Crippen LogP contribution in [0.2, 0.25) is 0 Å². The van der Waals surface area contributed by atoms with E-state index in [2.05, 4.69) is 10.4 Å². The molecule has 2 aromatic heterocycles. The number of ether oxygens (including phenoxy) is 1. The molecule has 32 heavy (non-hydrogen) atoms. The summed E-state index contributed by atoms with van der Waals surface area (Å²) >= 11 is 0. The molecule has 0 spiro atoms. The molecule has 0 aliphatic heterocycles. The number of nitro benzene ring substituents is 1. The van der Waals surface area contributed by atoms with Gasteiger partial charge < -0.3 is 14.5 Å². The monoisotopic (exact) mass is 436 g/mol. The second-order valence-corrected chi connectivity index (χ2v) is 6.79. The molecule has 2 aromatic carbocycles. The van der Waals surface area contributed by atoms with Gasteiger partial charge >= 0.3 is 0 Å². The van der Waals surface area contributed by atoms with E-state index in [1.54, 1.807) is 35.1 Å². The van der Waals surface area contributed by atoms with Crippen molar-refractivity contribution in [1.29, 1.82) is 0 Å². The summed E-state index contributed by atoms with van der Waals surface area (Å²) < 4.78 is 25.9. The second kappa shape index (κ2) is 9.13. The van der Waals surface area contributed by atoms with Gasteiger partial charge in [0.2, 0.25) is 0 Å². The highest BCUT2D eigenvalue weighted by Gasteiger charge is 2.14. The van der Waals surface area contributed by atoms with Crippen molar-refractivity contribution < 1.29 is 23.3 Å². The van der Waals surface area contributed by atoms with Crippen LogP contribution in [-0.2, 0) is 13.2 Å². The molecule has 0 unspecified atom stereocenters. The predicted octanol–water partition coefficient (Wildman–Crippen LogP) is 4.40. The fourth-order valence-electron chi connectivity index (χ4n) is 2.91. The van der Waals surface area contributed by atoms with E-state index in [1.807, 2.05) is 0 Å². The molecule has 0 aliphatic rings. The number of nitrogens with one attached hydrogen (secondary N) is 1. The molecule has 9 nitrogen and oxygen atoms in total. The standard InChI is InChI=1S/C22H17FN4O5/c23-16-3-1-2-15(12-16)13-26-11-10-21(25-26)24-22(28)20-9-8-19(32-20)14-31-18-6-4-17(5-7-18)27(29)30/h1-12H,13-14H2,(H,24,25,28). The molecule has 2 heterocycles. The van der Waals surface area contributed by atoms with Gasteiger partial charge in [-0.3, -0.25) is 19.6 Å². The van der Waals surface area contributed by atoms with Crippen molar-refractivity contribution in [3.8, 4) is 5.75 Å². The van der Waals surface area contributed by atoms with Crippen LogP contribution in [0.1, 0.15) is 21.9 Å². The number of furan rings is 1. The van der Waals surface area contributed by atoms with Gasteiger partial charge in [0, 0.05) is 24.4 Å². The number of hydrogen-bond acceptors (Lipinski definition) is 6. The summed E-state index contributed by atoms with van der Waals surface area (Å²) in [6.45, 7) is 0.409. The van der Waals surface area contributed by atoms with E-state index < -0.39 is 10.8 Å². The van der Waals surface area contributed by atoms with Gasteiger partial charge in [-0.25, -0.2) is 4.39 Å². The Bertz CT molecular complexity index is 1250. The van der Waals surface area contributed by atoms with E-state index in [1.165, 1.54) is 42.5 Å². The van der Waals surface area contributed by atoms with Crippen molar-refractivity contribution in [2.24, 2.45) is 0 Å². The first-order valence-corrected chi connectivity index (χ1v) is 9.51. The molecule has 0 fully saturated rings. The van der Waals surface area contributed by atoms with Crippen LogP contribution in [0.15, 0.2) is 77.3 Å². The van der Waals surface area contributed by atoms with Crippen molar-refractivity contribution in [2.45, 2.75) is 13.2 Å². The lowest BCUT2D eigenvalue weighted by Gasteiger charge is -2.04. The van der Waals surface area contributed by atoms with Crippen LogP contribution in [0.5, 0.6) is 5.75 Å². The maximum absolute atomic E-state index is 13.3. The van der Waals surface area contributed by atoms with Crippen LogP contribution in [0.3, 0.4) is 0 Å². The summed E-state index contributed by atoms with van der Waals surface area (Å²) in [6.07, 6.45) is 1.67. The van der Waals surface area contributed by atoms with Crippen molar-refractivity contribution in [3.63, 3.8) is 0 Å². The molecule has 0 bridgehead atoms. The average molecular weight is 436 g/mol. The van der Waals surface area contributed by atoms with Crippen molar-refractivity contribution >= 4 is 17.4 Å². The third kappa shape index (κ3) is 5.17. The molecule has 0 atom stereocenters. The Kier molecular flexibility index (Phi) is 5.93. The van der Waals surface area contributed by atoms with Crippen LogP contribution >= 0.6 is 0 Å². The van der Waals surface area contributed by atoms with Gasteiger partial charge in [-0.05, 0) is 42.0 Å². The summed E-state index contributed by atoms with van der Waals surface area (Å²) in [4.78, 5) is 22.6. The third-order valence-electron chi connectivity index (χ3n) is 4.43. The lowest BCUT2D eigenvalue weighted by Crippen LogP contribution is -2.12. The molecule has 0 radical (unpaired) electrons. The Morgan fingerprint density at radius 3 is 2.72 bits per heavy atom. The number of carbonyl (C=O) groups is 1. The van der Waals surface area contributed by atoms with Gasteiger partial charge in [-0.2, -0.15) is 5.10 Å². The van der Waals surface area contributed by atoms with E-state index >= 15 is 0 Å². The number of hydrogen-bond donors (Lipinski definition) is 1. The zero-order valence-electron chi connectivity index (χ0n) is 16.6. The maximum Gasteiger partial charge on any atom is 0.292 e. The summed E-state index contributed by atoms with van der Waals surface area (Å²) in [6, 6.07) is 16.6. The predicted molar refractivity (Wildman–Crippen MR) is 112 cm³/mol. The summed E-state index contributed by atoms with van der Waals surface area (Å²) in [5.41, 5.74) is 0.711. The normalized spacial score (nSPS) is 10.7. The Hall–Kier alpha value is -4.47. The lowest BCUT2D eigenvalue weighted by molar-refractivity contribution is -0.384. The first-order valence-electron chi connectivity index (χ1n) is 9.51. The number of carbonyl (C=O) groups excluding carboxylic acids is 1. The molecular formula is C22H17FN4O5. The van der Waals surface area contributed by atoms with Gasteiger partial charge in [0.15, 0.2) is 11.6 Å². The molecule has 0 aliphatic carbocycles. The number of anilines is 1. The fraction of sp³-hybridized carbons (Fsp3) is 0.0909. The number of halogens is 1. The molecule has 4 aromatic rings. The lowest BCUT2D eigenvalue weighted by atomic mass is 10.2. The third-order valence-corrected chi connectivity index (χ3v) is 4.43. The number of rotatable bonds is 8. The van der Waals surface area contributed by atoms with Gasteiger partial charge in [0.1, 0.15) is 23.9 Å². The second-order valence-electron chi connectivity index (χ2n) is 6.79. The van der Waals surface area contributed by atoms with Crippen LogP contribution in [-0.4, -0.2) is 20.6 Å². The highest BCUT2D eigenvalue weighted by Crippen LogP contribution is 2.19. The molecule has 0 saturated carbocycles. The van der Waals surface area contributed by atoms with E-state index in [-0.39, 0.29) is 23.9 Å². The zero-order valence-corrected chi connectivity index (χ0v) is 16.6. The Morgan fingerprint density at radius 1 is 1.16 bits per heavy atom. The van der Waals surface area contributed by atoms with Crippen LogP contribution in [0.4, 0.5) is 15.9 Å². The number of benzene rings is 2. The largest absolute Gasteiger partial charge is 0.486 e. The molecule has 162 valence electrons. The molecule has 10 heteroatoms. The van der Waals surface area contributed by atoms with Crippen LogP contribution in [0.25, 0.3) is 0 Å². The minimum Gasteiger partial charge on any atom is -0.486 e. The molecule has 0 saturated heterocycles. The van der Waals surface area contributed by atoms with Crippen molar-refractivity contribution in [1.82, 2.24) is 9.78 Å². The van der Waals surface area contributed by atoms with Gasteiger partial charge in [-0.1, -0.05) is 12.1 Å². The van der Waals surface area contributed by atoms with E-state index in [0.29, 0.717) is 23.9 Å². The molecule has 1 amide bonds. The number of nitrogens with zero attached hydrogens (tertiary/aromatic N) is 3. The van der Waals surface area contributed by atoms with Crippen LogP contribution < -0.4 is 10.1 Å². The summed E-state index contributed by atoms with van der Waals surface area (Å²) in [5.74, 6) is 0.433. The minimum absolute atomic E-state index is 0.0346. The highest BCUT2D eigenvalue weighted by molar-refractivity contribution is 6.01. The Balaban J connectivity index is 1.32. The Labute approximate surface area is 181 Å². The summed E-state index contributed by atoms with van der Waals surface area (Å²) in [5, 5.41) is 17.6. The molecule has 4 rings (SSSR count). The first kappa shape index (κ1) is 20.8. The van der Waals surface area contributed by atoms with Gasteiger partial charge in [0.25, 0.3) is 11.6 Å². The Morgan fingerprint density at radius 2 is 1.97 bits per heavy atom. The quantitative estimate of drug-likeness (QED) is 0.324. The number of nitro groups is 1. The smallest absolute Gasteiger partial charge is 0.292 e. The maximum atomic E-state index is 13.3. The first-order chi connectivity index (χ1) is 15.5. The van der Waals surface area contributed by atoms with E-state index in [0.717, 1.165) is 5.56 Å². The average Bonchev–Trinajstić information content (AvgIpc) is 3.42. The fourth-order valence-corrected chi connectivity index (χ4v) is 2.91. The van der Waals surface area contributed by atoms with Crippen LogP contribution in [0, 0.1) is 15.9 Å². The minimum atomic E-state index is -0.494. The van der Waals surface area contributed by atoms with Crippen molar-refractivity contribution in [3.05, 3.63) is 106 Å². The summed E-state index contributed by atoms with van der Waals surface area (Å²) in [7, 11) is 0. The number of amides is 1. The van der Waals surface area contributed by atoms with Gasteiger partial charge in [0.05, 0.1) is 11.5 Å². The number of aromatic nitrogens is 2. The van der Waals surface area contributed by atoms with Gasteiger partial charge in [-0.15, -0.1) is 0 Å². The highest BCUT2D eigenvalue weighted by atomic mass is 19.1. The van der Waals surface area contributed by atoms with E-state index in [9.17, 15) is 19.3 Å². The molecular weight excluding hydrogens is 419 g/mol. The SMILES string of the molecule is O=C(Nc1ccn(Cc2cccc(F)c2)n1)c1ccc(COc2ccc([N+](=O)[O-])cc2)o1. The topological polar surface area (TPSA) is 112 Å². The zero-order chi connectivity index (χ0) is 22.5. The van der Waals surface area contributed by atoms with E-state index in [4.69, 9.17) is 9.15 Å². The molecule has 1 N–H and O–H groups in total. The number of non-ortho nitro benzene ring substituents is 1.